The van der Waals surface area contributed by atoms with Crippen molar-refractivity contribution in [3.8, 4) is 5.69 Å². The molecule has 0 radical (unpaired) electrons. The third-order valence-corrected chi connectivity index (χ3v) is 2.16. The maximum Gasteiger partial charge on any atom is 0.0645 e. The van der Waals surface area contributed by atoms with Gasteiger partial charge in [0, 0.05) is 18.3 Å². The van der Waals surface area contributed by atoms with E-state index in [2.05, 4.69) is 30.3 Å². The number of nitrogens with zero attached hydrogens (tertiary/aromatic N) is 3. The van der Waals surface area contributed by atoms with Gasteiger partial charge in [0.2, 0.25) is 0 Å². The molecular weight excluding hydrogens is 186 g/mol. The summed E-state index contributed by atoms with van der Waals surface area (Å²) < 4.78 is 1.90. The van der Waals surface area contributed by atoms with Crippen LogP contribution in [0.2, 0.25) is 0 Å². The van der Waals surface area contributed by atoms with Gasteiger partial charge in [-0.1, -0.05) is 18.2 Å². The van der Waals surface area contributed by atoms with Crippen LogP contribution in [0.25, 0.3) is 5.69 Å². The molecule has 0 spiro atoms. The Bertz CT molecular complexity index is 417. The molecule has 0 saturated heterocycles. The molecule has 0 unspecified atom stereocenters. The van der Waals surface area contributed by atoms with Crippen molar-refractivity contribution in [2.75, 3.05) is 14.1 Å². The SMILES string of the molecule is CN(C)Cc1cnn(-c2ccccc2)c1. The molecule has 3 nitrogen and oxygen atoms in total. The van der Waals surface area contributed by atoms with E-state index in [1.807, 2.05) is 41.2 Å². The van der Waals surface area contributed by atoms with Crippen LogP contribution in [0.5, 0.6) is 0 Å². The lowest BCUT2D eigenvalue weighted by molar-refractivity contribution is 0.402. The Balaban J connectivity index is 2.21. The highest BCUT2D eigenvalue weighted by molar-refractivity contribution is 5.30. The van der Waals surface area contributed by atoms with Gasteiger partial charge in [0.15, 0.2) is 0 Å². The number of hydrogen-bond donors (Lipinski definition) is 0. The molecule has 0 aliphatic heterocycles. The lowest BCUT2D eigenvalue weighted by Crippen LogP contribution is -2.09. The second kappa shape index (κ2) is 4.28. The predicted molar refractivity (Wildman–Crippen MR) is 61.0 cm³/mol. The molecule has 2 aromatic rings. The van der Waals surface area contributed by atoms with Crippen LogP contribution in [0, 0.1) is 0 Å². The Hall–Kier alpha value is -1.61. The lowest BCUT2D eigenvalue weighted by atomic mass is 10.3. The Morgan fingerprint density at radius 1 is 1.20 bits per heavy atom. The van der Waals surface area contributed by atoms with Crippen LogP contribution in [0.3, 0.4) is 0 Å². The molecule has 1 aromatic heterocycles. The summed E-state index contributed by atoms with van der Waals surface area (Å²) >= 11 is 0. The van der Waals surface area contributed by atoms with Gasteiger partial charge in [-0.3, -0.25) is 0 Å². The normalized spacial score (nSPS) is 10.9. The molecule has 0 aliphatic rings. The van der Waals surface area contributed by atoms with E-state index in [1.165, 1.54) is 5.56 Å². The summed E-state index contributed by atoms with van der Waals surface area (Å²) in [7, 11) is 4.11. The van der Waals surface area contributed by atoms with Gasteiger partial charge in [0.1, 0.15) is 0 Å². The highest BCUT2D eigenvalue weighted by Crippen LogP contribution is 2.08. The molecule has 0 atom stereocenters. The van der Waals surface area contributed by atoms with Crippen LogP contribution in [-0.4, -0.2) is 28.8 Å². The van der Waals surface area contributed by atoms with Crippen molar-refractivity contribution in [1.29, 1.82) is 0 Å². The quantitative estimate of drug-likeness (QED) is 0.756. The lowest BCUT2D eigenvalue weighted by Gasteiger charge is -2.05. The fraction of sp³-hybridized carbons (Fsp3) is 0.250. The van der Waals surface area contributed by atoms with Crippen LogP contribution < -0.4 is 0 Å². The first-order valence-corrected chi connectivity index (χ1v) is 4.99. The molecule has 15 heavy (non-hydrogen) atoms. The largest absolute Gasteiger partial charge is 0.305 e. The van der Waals surface area contributed by atoms with E-state index >= 15 is 0 Å². The molecule has 0 amide bonds. The smallest absolute Gasteiger partial charge is 0.0645 e. The van der Waals surface area contributed by atoms with Crippen LogP contribution in [0.15, 0.2) is 42.7 Å². The van der Waals surface area contributed by atoms with Crippen molar-refractivity contribution in [1.82, 2.24) is 14.7 Å². The van der Waals surface area contributed by atoms with E-state index in [-0.39, 0.29) is 0 Å². The highest BCUT2D eigenvalue weighted by atomic mass is 15.3. The van der Waals surface area contributed by atoms with Gasteiger partial charge in [-0.25, -0.2) is 4.68 Å². The summed E-state index contributed by atoms with van der Waals surface area (Å²) in [6.07, 6.45) is 3.97. The summed E-state index contributed by atoms with van der Waals surface area (Å²) in [5, 5.41) is 4.33. The number of benzene rings is 1. The van der Waals surface area contributed by atoms with Gasteiger partial charge >= 0.3 is 0 Å². The molecule has 0 N–H and O–H groups in total. The number of hydrogen-bond acceptors (Lipinski definition) is 2. The molecule has 0 saturated carbocycles. The summed E-state index contributed by atoms with van der Waals surface area (Å²) in [5.74, 6) is 0. The highest BCUT2D eigenvalue weighted by Gasteiger charge is 2.00. The van der Waals surface area contributed by atoms with Crippen molar-refractivity contribution in [2.45, 2.75) is 6.54 Å². The minimum atomic E-state index is 0.923. The van der Waals surface area contributed by atoms with E-state index in [9.17, 15) is 0 Å². The van der Waals surface area contributed by atoms with E-state index in [0.29, 0.717) is 0 Å². The van der Waals surface area contributed by atoms with Crippen LogP contribution >= 0.6 is 0 Å². The monoisotopic (exact) mass is 201 g/mol. The van der Waals surface area contributed by atoms with Gasteiger partial charge in [-0.05, 0) is 26.2 Å². The first-order chi connectivity index (χ1) is 7.25. The molecule has 1 heterocycles. The fourth-order valence-corrected chi connectivity index (χ4v) is 1.53. The van der Waals surface area contributed by atoms with Crippen molar-refractivity contribution in [3.05, 3.63) is 48.3 Å². The minimum Gasteiger partial charge on any atom is -0.305 e. The molecule has 3 heteroatoms. The predicted octanol–water partition coefficient (Wildman–Crippen LogP) is 1.93. The zero-order valence-corrected chi connectivity index (χ0v) is 9.09. The van der Waals surface area contributed by atoms with Crippen LogP contribution in [0.1, 0.15) is 5.56 Å². The van der Waals surface area contributed by atoms with E-state index in [1.54, 1.807) is 0 Å². The number of aromatic nitrogens is 2. The molecular formula is C12H15N3. The zero-order chi connectivity index (χ0) is 10.7. The Kier molecular flexibility index (Phi) is 2.83. The first kappa shape index (κ1) is 9.93. The maximum atomic E-state index is 4.33. The van der Waals surface area contributed by atoms with Crippen molar-refractivity contribution < 1.29 is 0 Å². The molecule has 0 bridgehead atoms. The molecule has 78 valence electrons. The average Bonchev–Trinajstić information content (AvgIpc) is 2.67. The number of rotatable bonds is 3. The molecule has 0 fully saturated rings. The van der Waals surface area contributed by atoms with Crippen molar-refractivity contribution in [2.24, 2.45) is 0 Å². The summed E-state index contributed by atoms with van der Waals surface area (Å²) in [6.45, 7) is 0.923. The second-order valence-electron chi connectivity index (χ2n) is 3.87. The second-order valence-corrected chi connectivity index (χ2v) is 3.87. The summed E-state index contributed by atoms with van der Waals surface area (Å²) in [4.78, 5) is 2.13. The average molecular weight is 201 g/mol. The topological polar surface area (TPSA) is 21.1 Å². The molecule has 0 aliphatic carbocycles. The van der Waals surface area contributed by atoms with Crippen LogP contribution in [0.4, 0.5) is 0 Å². The summed E-state index contributed by atoms with van der Waals surface area (Å²) in [5.41, 5.74) is 2.33. The standard InChI is InChI=1S/C12H15N3/c1-14(2)9-11-8-13-15(10-11)12-6-4-3-5-7-12/h3-8,10H,9H2,1-2H3. The molecule has 1 aromatic carbocycles. The van der Waals surface area contributed by atoms with Crippen LogP contribution in [-0.2, 0) is 6.54 Å². The van der Waals surface area contributed by atoms with E-state index in [4.69, 9.17) is 0 Å². The van der Waals surface area contributed by atoms with Crippen molar-refractivity contribution >= 4 is 0 Å². The summed E-state index contributed by atoms with van der Waals surface area (Å²) in [6, 6.07) is 10.1. The minimum absolute atomic E-state index is 0.923. The fourth-order valence-electron chi connectivity index (χ4n) is 1.53. The van der Waals surface area contributed by atoms with Gasteiger partial charge in [-0.15, -0.1) is 0 Å². The number of para-hydroxylation sites is 1. The van der Waals surface area contributed by atoms with Gasteiger partial charge in [-0.2, -0.15) is 5.10 Å². The van der Waals surface area contributed by atoms with Gasteiger partial charge in [0.05, 0.1) is 11.9 Å². The van der Waals surface area contributed by atoms with E-state index in [0.717, 1.165) is 12.2 Å². The molecule has 2 rings (SSSR count). The third kappa shape index (κ3) is 2.44. The maximum absolute atomic E-state index is 4.33. The Labute approximate surface area is 90.0 Å². The third-order valence-electron chi connectivity index (χ3n) is 2.16. The zero-order valence-electron chi connectivity index (χ0n) is 9.09. The first-order valence-electron chi connectivity index (χ1n) is 4.99. The van der Waals surface area contributed by atoms with Crippen molar-refractivity contribution in [3.63, 3.8) is 0 Å². The van der Waals surface area contributed by atoms with Gasteiger partial charge < -0.3 is 4.90 Å². The Morgan fingerprint density at radius 2 is 1.93 bits per heavy atom. The van der Waals surface area contributed by atoms with E-state index < -0.39 is 0 Å². The Morgan fingerprint density at radius 3 is 2.60 bits per heavy atom. The van der Waals surface area contributed by atoms with Gasteiger partial charge in [0.25, 0.3) is 0 Å².